The topological polar surface area (TPSA) is 139 Å². The highest BCUT2D eigenvalue weighted by molar-refractivity contribution is 5.88. The summed E-state index contributed by atoms with van der Waals surface area (Å²) in [4.78, 5) is 49.5. The van der Waals surface area contributed by atoms with Crippen LogP contribution < -0.4 is 5.32 Å². The Labute approximate surface area is 207 Å². The fourth-order valence-corrected chi connectivity index (χ4v) is 2.52. The lowest BCUT2D eigenvalue weighted by Gasteiger charge is -2.23. The van der Waals surface area contributed by atoms with E-state index in [-0.39, 0.29) is 45.7 Å². The lowest BCUT2D eigenvalue weighted by Crippen LogP contribution is -2.43. The Morgan fingerprint density at radius 2 is 1.37 bits per heavy atom. The van der Waals surface area contributed by atoms with E-state index in [2.05, 4.69) is 5.32 Å². The summed E-state index contributed by atoms with van der Waals surface area (Å²) in [5.74, 6) is -2.01. The first-order valence-electron chi connectivity index (χ1n) is 11.7. The minimum absolute atomic E-state index is 0.113. The first kappa shape index (κ1) is 32.7. The molecule has 0 bridgehead atoms. The molecule has 0 aliphatic rings. The van der Waals surface area contributed by atoms with Crippen molar-refractivity contribution >= 4 is 23.8 Å². The summed E-state index contributed by atoms with van der Waals surface area (Å²) in [5.41, 5.74) is -0.654. The molecule has 1 N–H and O–H groups in total. The molecule has 0 saturated heterocycles. The van der Waals surface area contributed by atoms with Crippen LogP contribution >= 0.6 is 0 Å². The van der Waals surface area contributed by atoms with Crippen molar-refractivity contribution in [3.8, 4) is 0 Å². The summed E-state index contributed by atoms with van der Waals surface area (Å²) in [6, 6.07) is 0. The van der Waals surface area contributed by atoms with Crippen molar-refractivity contribution in [3.05, 3.63) is 0 Å². The fraction of sp³-hybridized carbons (Fsp3) is 0.826. The summed E-state index contributed by atoms with van der Waals surface area (Å²) < 4.78 is 31.0. The highest BCUT2D eigenvalue weighted by Gasteiger charge is 2.21. The average molecular weight is 507 g/mol. The molecule has 0 radical (unpaired) electrons. The van der Waals surface area contributed by atoms with Crippen LogP contribution in [0.4, 0.5) is 0 Å². The van der Waals surface area contributed by atoms with Crippen LogP contribution in [0.2, 0.25) is 0 Å². The van der Waals surface area contributed by atoms with Gasteiger partial charge >= 0.3 is 11.9 Å². The summed E-state index contributed by atoms with van der Waals surface area (Å²) in [5, 5.41) is 2.41. The van der Waals surface area contributed by atoms with Crippen LogP contribution in [0.15, 0.2) is 0 Å². The molecule has 0 aromatic heterocycles. The van der Waals surface area contributed by atoms with Gasteiger partial charge in [0, 0.05) is 20.1 Å². The molecular weight excluding hydrogens is 464 g/mol. The molecule has 0 unspecified atom stereocenters. The lowest BCUT2D eigenvalue weighted by atomic mass is 10.2. The molecule has 0 aliphatic carbocycles. The molecular formula is C23H42N2O10. The van der Waals surface area contributed by atoms with Gasteiger partial charge < -0.3 is 38.6 Å². The van der Waals surface area contributed by atoms with Gasteiger partial charge in [0.25, 0.3) is 0 Å². The number of carbonyl (C=O) groups excluding carboxylic acids is 4. The number of esters is 2. The smallest absolute Gasteiger partial charge is 0.325 e. The van der Waals surface area contributed by atoms with E-state index in [4.69, 9.17) is 28.4 Å². The maximum Gasteiger partial charge on any atom is 0.325 e. The van der Waals surface area contributed by atoms with E-state index >= 15 is 0 Å². The largest absolute Gasteiger partial charge is 0.465 e. The monoisotopic (exact) mass is 506 g/mol. The van der Waals surface area contributed by atoms with Gasteiger partial charge in [-0.1, -0.05) is 0 Å². The van der Waals surface area contributed by atoms with Crippen molar-refractivity contribution in [1.29, 1.82) is 0 Å². The van der Waals surface area contributed by atoms with Crippen LogP contribution in [0.25, 0.3) is 0 Å². The van der Waals surface area contributed by atoms with Gasteiger partial charge in [-0.2, -0.15) is 0 Å². The van der Waals surface area contributed by atoms with Gasteiger partial charge in [-0.15, -0.1) is 0 Å². The van der Waals surface area contributed by atoms with Crippen LogP contribution in [0.3, 0.4) is 0 Å². The minimum atomic E-state index is -0.654. The zero-order chi connectivity index (χ0) is 26.5. The summed E-state index contributed by atoms with van der Waals surface area (Å²) in [7, 11) is 1.60. The minimum Gasteiger partial charge on any atom is -0.465 e. The van der Waals surface area contributed by atoms with Crippen molar-refractivity contribution in [2.45, 2.75) is 46.1 Å². The number of methoxy groups -OCH3 is 1. The van der Waals surface area contributed by atoms with E-state index in [0.717, 1.165) is 0 Å². The third kappa shape index (κ3) is 20.8. The molecule has 2 amide bonds. The Morgan fingerprint density at radius 1 is 0.800 bits per heavy atom. The van der Waals surface area contributed by atoms with Gasteiger partial charge in [-0.25, -0.2) is 0 Å². The Balaban J connectivity index is 4.47. The zero-order valence-corrected chi connectivity index (χ0v) is 21.7. The average Bonchev–Trinajstić information content (AvgIpc) is 2.78. The van der Waals surface area contributed by atoms with E-state index in [9.17, 15) is 19.2 Å². The van der Waals surface area contributed by atoms with E-state index < -0.39 is 29.4 Å². The first-order valence-corrected chi connectivity index (χ1v) is 11.7. The number of nitrogens with one attached hydrogen (secondary N) is 1. The number of amides is 2. The first-order chi connectivity index (χ1) is 16.6. The molecule has 0 aliphatic heterocycles. The highest BCUT2D eigenvalue weighted by Crippen LogP contribution is 2.10. The number of rotatable bonds is 20. The third-order valence-electron chi connectivity index (χ3n) is 4.07. The molecule has 0 heterocycles. The quantitative estimate of drug-likeness (QED) is 0.181. The van der Waals surface area contributed by atoms with Gasteiger partial charge in [0.05, 0.1) is 65.8 Å². The molecule has 12 nitrogen and oxygen atoms in total. The van der Waals surface area contributed by atoms with Crippen LogP contribution in [0.5, 0.6) is 0 Å². The lowest BCUT2D eigenvalue weighted by molar-refractivity contribution is -0.156. The van der Waals surface area contributed by atoms with E-state index in [1.807, 2.05) is 0 Å². The number of carbonyl (C=O) groups is 4. The third-order valence-corrected chi connectivity index (χ3v) is 4.07. The SMILES string of the molecule is CCOC(=O)CNC(=O)CN(CCOCCOCCOCCOC)C(=O)CCC(=O)OC(C)(C)C. The molecule has 204 valence electrons. The standard InChI is InChI=1S/C23H42N2O10/c1-6-34-22(29)17-24-19(26)18-25(20(27)7-8-21(28)35-23(2,3)4)9-10-31-13-14-33-16-15-32-12-11-30-5/h6-18H2,1-5H3,(H,24,26). The summed E-state index contributed by atoms with van der Waals surface area (Å²) >= 11 is 0. The Kier molecular flexibility index (Phi) is 18.7. The molecule has 0 spiro atoms. The molecule has 12 heteroatoms. The number of nitrogens with zero attached hydrogens (tertiary/aromatic N) is 1. The number of hydrogen-bond donors (Lipinski definition) is 1. The van der Waals surface area contributed by atoms with Crippen molar-refractivity contribution in [3.63, 3.8) is 0 Å². The van der Waals surface area contributed by atoms with E-state index in [1.54, 1.807) is 34.8 Å². The summed E-state index contributed by atoms with van der Waals surface area (Å²) in [6.45, 7) is 9.32. The molecule has 35 heavy (non-hydrogen) atoms. The van der Waals surface area contributed by atoms with Crippen molar-refractivity contribution in [2.75, 3.05) is 79.6 Å². The Hall–Kier alpha value is -2.28. The number of ether oxygens (including phenoxy) is 6. The molecule has 0 aromatic carbocycles. The second-order valence-electron chi connectivity index (χ2n) is 8.31. The van der Waals surface area contributed by atoms with Crippen LogP contribution in [-0.2, 0) is 47.6 Å². The normalized spacial score (nSPS) is 11.1. The number of hydrogen-bond acceptors (Lipinski definition) is 10. The molecule has 0 fully saturated rings. The van der Waals surface area contributed by atoms with Gasteiger partial charge in [-0.3, -0.25) is 19.2 Å². The van der Waals surface area contributed by atoms with E-state index in [0.29, 0.717) is 39.6 Å². The Bertz CT molecular complexity index is 622. The summed E-state index contributed by atoms with van der Waals surface area (Å²) in [6.07, 6.45) is -0.232. The van der Waals surface area contributed by atoms with Crippen LogP contribution in [0, 0.1) is 0 Å². The predicted octanol–water partition coefficient (Wildman–Crippen LogP) is 0.312. The molecule has 0 saturated carbocycles. The maximum absolute atomic E-state index is 12.6. The fourth-order valence-electron chi connectivity index (χ4n) is 2.52. The van der Waals surface area contributed by atoms with Gasteiger partial charge in [0.1, 0.15) is 12.1 Å². The van der Waals surface area contributed by atoms with Crippen molar-refractivity contribution < 1.29 is 47.6 Å². The Morgan fingerprint density at radius 3 is 1.91 bits per heavy atom. The van der Waals surface area contributed by atoms with Gasteiger partial charge in [0.15, 0.2) is 0 Å². The van der Waals surface area contributed by atoms with Crippen molar-refractivity contribution in [1.82, 2.24) is 10.2 Å². The predicted molar refractivity (Wildman–Crippen MR) is 126 cm³/mol. The van der Waals surface area contributed by atoms with Crippen LogP contribution in [0.1, 0.15) is 40.5 Å². The molecule has 0 aromatic rings. The molecule has 0 rings (SSSR count). The second-order valence-corrected chi connectivity index (χ2v) is 8.31. The highest BCUT2D eigenvalue weighted by atomic mass is 16.6. The van der Waals surface area contributed by atoms with E-state index in [1.165, 1.54) is 4.90 Å². The van der Waals surface area contributed by atoms with Gasteiger partial charge in [-0.05, 0) is 27.7 Å². The van der Waals surface area contributed by atoms with Crippen LogP contribution in [-0.4, -0.2) is 114 Å². The molecule has 0 atom stereocenters. The van der Waals surface area contributed by atoms with Crippen molar-refractivity contribution in [2.24, 2.45) is 0 Å². The maximum atomic E-state index is 12.6. The zero-order valence-electron chi connectivity index (χ0n) is 21.7. The van der Waals surface area contributed by atoms with Gasteiger partial charge in [0.2, 0.25) is 11.8 Å². The second kappa shape index (κ2) is 20.0.